The van der Waals surface area contributed by atoms with Crippen molar-refractivity contribution in [3.05, 3.63) is 0 Å². The minimum atomic E-state index is -0.515. The standard InChI is InChI=1S/C14H28N4O2/c1-3-5-12(13(15)17-20)14(19)16-11-6-9-18(8-4-2)10-7-11/h11-12,20H,3-10H2,1-2H3,(H2,15,17)(H,16,19). The molecule has 0 aliphatic carbocycles. The highest BCUT2D eigenvalue weighted by Gasteiger charge is 2.26. The number of carbonyl (C=O) groups excluding carboxylic acids is 1. The molecule has 0 aromatic carbocycles. The summed E-state index contributed by atoms with van der Waals surface area (Å²) in [5.74, 6) is -0.623. The Morgan fingerprint density at radius 3 is 2.55 bits per heavy atom. The molecule has 6 heteroatoms. The van der Waals surface area contributed by atoms with Crippen LogP contribution < -0.4 is 11.1 Å². The molecule has 0 spiro atoms. The number of nitrogens with one attached hydrogen (secondary N) is 1. The van der Waals surface area contributed by atoms with E-state index in [-0.39, 0.29) is 17.8 Å². The lowest BCUT2D eigenvalue weighted by atomic mass is 9.99. The van der Waals surface area contributed by atoms with E-state index < -0.39 is 5.92 Å². The quantitative estimate of drug-likeness (QED) is 0.283. The normalized spacial score (nSPS) is 19.8. The third kappa shape index (κ3) is 5.00. The molecule has 1 fully saturated rings. The molecule has 6 nitrogen and oxygen atoms in total. The average molecular weight is 284 g/mol. The Morgan fingerprint density at radius 2 is 2.05 bits per heavy atom. The van der Waals surface area contributed by atoms with Gasteiger partial charge in [-0.15, -0.1) is 0 Å². The van der Waals surface area contributed by atoms with E-state index >= 15 is 0 Å². The molecule has 0 radical (unpaired) electrons. The van der Waals surface area contributed by atoms with Crippen molar-refractivity contribution in [2.24, 2.45) is 16.8 Å². The van der Waals surface area contributed by atoms with E-state index in [1.54, 1.807) is 0 Å². The van der Waals surface area contributed by atoms with Crippen LogP contribution in [-0.4, -0.2) is 47.5 Å². The maximum absolute atomic E-state index is 12.2. The van der Waals surface area contributed by atoms with Gasteiger partial charge in [0.15, 0.2) is 5.84 Å². The molecule has 1 amide bonds. The van der Waals surface area contributed by atoms with Gasteiger partial charge in [-0.25, -0.2) is 0 Å². The third-order valence-electron chi connectivity index (χ3n) is 3.84. The number of amidine groups is 1. The third-order valence-corrected chi connectivity index (χ3v) is 3.84. The highest BCUT2D eigenvalue weighted by atomic mass is 16.4. The van der Waals surface area contributed by atoms with Crippen molar-refractivity contribution in [1.82, 2.24) is 10.2 Å². The summed E-state index contributed by atoms with van der Waals surface area (Å²) >= 11 is 0. The number of rotatable bonds is 7. The number of likely N-dealkylation sites (tertiary alicyclic amines) is 1. The fraction of sp³-hybridized carbons (Fsp3) is 0.857. The summed E-state index contributed by atoms with van der Waals surface area (Å²) in [5, 5.41) is 14.8. The van der Waals surface area contributed by atoms with Crippen molar-refractivity contribution in [3.8, 4) is 0 Å². The second-order valence-electron chi connectivity index (χ2n) is 5.49. The van der Waals surface area contributed by atoms with Crippen molar-refractivity contribution < 1.29 is 10.0 Å². The largest absolute Gasteiger partial charge is 0.409 e. The van der Waals surface area contributed by atoms with Crippen molar-refractivity contribution in [1.29, 1.82) is 0 Å². The van der Waals surface area contributed by atoms with E-state index in [1.807, 2.05) is 6.92 Å². The van der Waals surface area contributed by atoms with Gasteiger partial charge in [-0.2, -0.15) is 0 Å². The van der Waals surface area contributed by atoms with Crippen LogP contribution in [0.1, 0.15) is 46.0 Å². The van der Waals surface area contributed by atoms with Gasteiger partial charge in [-0.05, 0) is 32.2 Å². The maximum Gasteiger partial charge on any atom is 0.231 e. The van der Waals surface area contributed by atoms with Crippen molar-refractivity contribution >= 4 is 11.7 Å². The number of nitrogens with zero attached hydrogens (tertiary/aromatic N) is 2. The Kier molecular flexibility index (Phi) is 7.36. The molecular formula is C14H28N4O2. The average Bonchev–Trinajstić information content (AvgIpc) is 2.46. The van der Waals surface area contributed by atoms with E-state index in [0.29, 0.717) is 6.42 Å². The Labute approximate surface area is 121 Å². The molecule has 1 unspecified atom stereocenters. The summed E-state index contributed by atoms with van der Waals surface area (Å²) < 4.78 is 0. The SMILES string of the molecule is CCCC(C(=O)NC1CCN(CCC)CC1)C(N)=NO. The maximum atomic E-state index is 12.2. The van der Waals surface area contributed by atoms with E-state index in [1.165, 1.54) is 6.42 Å². The highest BCUT2D eigenvalue weighted by Crippen LogP contribution is 2.13. The zero-order valence-electron chi connectivity index (χ0n) is 12.6. The van der Waals surface area contributed by atoms with E-state index in [9.17, 15) is 4.79 Å². The molecule has 0 bridgehead atoms. The van der Waals surface area contributed by atoms with Gasteiger partial charge in [-0.3, -0.25) is 4.79 Å². The number of oxime groups is 1. The van der Waals surface area contributed by atoms with Crippen molar-refractivity contribution in [2.45, 2.75) is 52.0 Å². The summed E-state index contributed by atoms with van der Waals surface area (Å²) in [6.45, 7) is 7.35. The Balaban J connectivity index is 2.45. The van der Waals surface area contributed by atoms with Gasteiger partial charge in [-0.1, -0.05) is 25.4 Å². The zero-order valence-corrected chi connectivity index (χ0v) is 12.6. The van der Waals surface area contributed by atoms with Crippen molar-refractivity contribution in [2.75, 3.05) is 19.6 Å². The van der Waals surface area contributed by atoms with Gasteiger partial charge in [0.25, 0.3) is 0 Å². The fourth-order valence-electron chi connectivity index (χ4n) is 2.69. The van der Waals surface area contributed by atoms with E-state index in [0.717, 1.165) is 38.9 Å². The molecule has 1 saturated heterocycles. The van der Waals surface area contributed by atoms with Crippen LogP contribution in [-0.2, 0) is 4.79 Å². The van der Waals surface area contributed by atoms with Crippen LogP contribution in [0.5, 0.6) is 0 Å². The molecule has 116 valence electrons. The van der Waals surface area contributed by atoms with Gasteiger partial charge in [0.1, 0.15) is 0 Å². The second kappa shape index (κ2) is 8.79. The van der Waals surface area contributed by atoms with Gasteiger partial charge < -0.3 is 21.2 Å². The summed E-state index contributed by atoms with van der Waals surface area (Å²) in [5.41, 5.74) is 5.60. The number of carbonyl (C=O) groups is 1. The number of nitrogens with two attached hydrogens (primary N) is 1. The van der Waals surface area contributed by atoms with E-state index in [2.05, 4.69) is 22.3 Å². The first-order valence-corrected chi connectivity index (χ1v) is 7.62. The molecule has 0 aromatic rings. The molecule has 0 saturated carbocycles. The van der Waals surface area contributed by atoms with Crippen LogP contribution in [0, 0.1) is 5.92 Å². The summed E-state index contributed by atoms with van der Waals surface area (Å²) in [6, 6.07) is 0.210. The molecular weight excluding hydrogens is 256 g/mol. The number of hydrogen-bond acceptors (Lipinski definition) is 4. The van der Waals surface area contributed by atoms with Gasteiger partial charge >= 0.3 is 0 Å². The molecule has 1 heterocycles. The highest BCUT2D eigenvalue weighted by molar-refractivity contribution is 6.02. The van der Waals surface area contributed by atoms with Crippen molar-refractivity contribution in [3.63, 3.8) is 0 Å². The molecule has 1 aliphatic heterocycles. The van der Waals surface area contributed by atoms with Gasteiger partial charge in [0.2, 0.25) is 5.91 Å². The lowest BCUT2D eigenvalue weighted by Gasteiger charge is -2.32. The van der Waals surface area contributed by atoms with Crippen LogP contribution >= 0.6 is 0 Å². The predicted molar refractivity (Wildman–Crippen MR) is 79.7 cm³/mol. The molecule has 20 heavy (non-hydrogen) atoms. The molecule has 0 aromatic heterocycles. The Morgan fingerprint density at radius 1 is 1.40 bits per heavy atom. The van der Waals surface area contributed by atoms with E-state index in [4.69, 9.17) is 10.9 Å². The number of hydrogen-bond donors (Lipinski definition) is 3. The van der Waals surface area contributed by atoms with Gasteiger partial charge in [0.05, 0.1) is 5.92 Å². The second-order valence-corrected chi connectivity index (χ2v) is 5.49. The van der Waals surface area contributed by atoms with Crippen LogP contribution in [0.3, 0.4) is 0 Å². The zero-order chi connectivity index (χ0) is 15.0. The first-order valence-electron chi connectivity index (χ1n) is 7.62. The monoisotopic (exact) mass is 284 g/mol. The molecule has 4 N–H and O–H groups in total. The predicted octanol–water partition coefficient (Wildman–Crippen LogP) is 1.14. The minimum absolute atomic E-state index is 0.00719. The van der Waals surface area contributed by atoms with Gasteiger partial charge in [0, 0.05) is 19.1 Å². The smallest absolute Gasteiger partial charge is 0.231 e. The van der Waals surface area contributed by atoms with Crippen LogP contribution in [0.15, 0.2) is 5.16 Å². The Bertz CT molecular complexity index is 325. The van der Waals surface area contributed by atoms with Crippen LogP contribution in [0.4, 0.5) is 0 Å². The van der Waals surface area contributed by atoms with Crippen LogP contribution in [0.2, 0.25) is 0 Å². The van der Waals surface area contributed by atoms with Crippen LogP contribution in [0.25, 0.3) is 0 Å². The fourth-order valence-corrected chi connectivity index (χ4v) is 2.69. The number of piperidine rings is 1. The summed E-state index contributed by atoms with van der Waals surface area (Å²) in [4.78, 5) is 14.6. The summed E-state index contributed by atoms with van der Waals surface area (Å²) in [7, 11) is 0. The minimum Gasteiger partial charge on any atom is -0.409 e. The molecule has 1 atom stereocenters. The Hall–Kier alpha value is -1.30. The topological polar surface area (TPSA) is 91.0 Å². The first-order chi connectivity index (χ1) is 9.62. The first kappa shape index (κ1) is 16.8. The lowest BCUT2D eigenvalue weighted by molar-refractivity contribution is -0.124. The lowest BCUT2D eigenvalue weighted by Crippen LogP contribution is -2.48. The summed E-state index contributed by atoms with van der Waals surface area (Å²) in [6.07, 6.45) is 4.54. The molecule has 1 rings (SSSR count). The molecule has 1 aliphatic rings. The number of amides is 1.